The Kier molecular flexibility index (Phi) is 3.10. The van der Waals surface area contributed by atoms with Gasteiger partial charge in [0.15, 0.2) is 5.78 Å². The Morgan fingerprint density at radius 3 is 2.00 bits per heavy atom. The van der Waals surface area contributed by atoms with Gasteiger partial charge in [-0.05, 0) is 0 Å². The van der Waals surface area contributed by atoms with E-state index in [0.29, 0.717) is 0 Å². The largest absolute Gasteiger partial charge is 0.477 e. The van der Waals surface area contributed by atoms with Crippen LogP contribution in [0.25, 0.3) is 0 Å². The molecule has 0 bridgehead atoms. The number of aliphatic carboxylic acids is 1. The van der Waals surface area contributed by atoms with Crippen molar-refractivity contribution in [3.8, 4) is 0 Å². The molecule has 0 spiro atoms. The average molecular weight is 156 g/mol. The molecule has 11 heavy (non-hydrogen) atoms. The predicted molar refractivity (Wildman–Crippen MR) is 38.4 cm³/mol. The molecule has 5 heteroatoms. The molecule has 0 aliphatic rings. The first-order valence-corrected chi connectivity index (χ1v) is 2.84. The summed E-state index contributed by atoms with van der Waals surface area (Å²) in [6.45, 7) is 1.16. The van der Waals surface area contributed by atoms with E-state index in [0.717, 1.165) is 6.92 Å². The number of carboxylic acids is 1. The first-order chi connectivity index (χ1) is 4.95. The van der Waals surface area contributed by atoms with Gasteiger partial charge in [0.25, 0.3) is 0 Å². The highest BCUT2D eigenvalue weighted by atomic mass is 16.4. The second-order valence-electron chi connectivity index (χ2n) is 2.00. The molecule has 0 radical (unpaired) electrons. The number of carbonyl (C=O) groups excluding carboxylic acids is 1. The molecule has 0 aliphatic heterocycles. The van der Waals surface area contributed by atoms with Gasteiger partial charge in [0.05, 0.1) is 5.71 Å². The SMILES string of the molecule is CC(=O)C(=N)CC(=N)C(=O)O. The number of nitrogens with one attached hydrogen (secondary N) is 2. The van der Waals surface area contributed by atoms with E-state index in [1.54, 1.807) is 0 Å². The minimum absolute atomic E-state index is 0.350. The van der Waals surface area contributed by atoms with Gasteiger partial charge in [-0.2, -0.15) is 0 Å². The molecule has 0 aromatic heterocycles. The quantitative estimate of drug-likeness (QED) is 0.502. The fourth-order valence-electron chi connectivity index (χ4n) is 0.377. The summed E-state index contributed by atoms with van der Waals surface area (Å²) in [7, 11) is 0. The Bertz CT molecular complexity index is 208. The molecule has 0 saturated carbocycles. The predicted octanol–water partition coefficient (Wildman–Crippen LogP) is 0.0896. The molecule has 0 aromatic rings. The van der Waals surface area contributed by atoms with Crippen LogP contribution in [0.2, 0.25) is 0 Å². The zero-order valence-electron chi connectivity index (χ0n) is 5.97. The van der Waals surface area contributed by atoms with E-state index in [1.807, 2.05) is 0 Å². The smallest absolute Gasteiger partial charge is 0.349 e. The number of hydrogen-bond donors (Lipinski definition) is 3. The standard InChI is InChI=1S/C6H8N2O3/c1-3(9)4(7)2-5(8)6(10)11/h7-8H,2H2,1H3,(H,10,11). The van der Waals surface area contributed by atoms with Gasteiger partial charge in [-0.15, -0.1) is 0 Å². The Balaban J connectivity index is 4.07. The highest BCUT2D eigenvalue weighted by Gasteiger charge is 2.11. The van der Waals surface area contributed by atoms with Gasteiger partial charge < -0.3 is 10.5 Å². The normalized spacial score (nSPS) is 8.82. The second kappa shape index (κ2) is 3.60. The summed E-state index contributed by atoms with van der Waals surface area (Å²) in [6, 6.07) is 0. The number of carbonyl (C=O) groups is 2. The van der Waals surface area contributed by atoms with Crippen LogP contribution in [0.5, 0.6) is 0 Å². The van der Waals surface area contributed by atoms with E-state index < -0.39 is 23.9 Å². The van der Waals surface area contributed by atoms with Crippen molar-refractivity contribution in [3.05, 3.63) is 0 Å². The molecule has 5 nitrogen and oxygen atoms in total. The maximum atomic E-state index is 10.4. The summed E-state index contributed by atoms with van der Waals surface area (Å²) in [5.74, 6) is -1.90. The number of carboxylic acid groups (broad SMARTS) is 1. The number of rotatable bonds is 4. The summed E-state index contributed by atoms with van der Waals surface area (Å²) < 4.78 is 0. The Labute approximate surface area is 63.1 Å². The van der Waals surface area contributed by atoms with Crippen molar-refractivity contribution in [3.63, 3.8) is 0 Å². The van der Waals surface area contributed by atoms with E-state index >= 15 is 0 Å². The van der Waals surface area contributed by atoms with E-state index in [2.05, 4.69) is 0 Å². The van der Waals surface area contributed by atoms with Crippen molar-refractivity contribution in [2.75, 3.05) is 0 Å². The molecule has 0 atom stereocenters. The monoisotopic (exact) mass is 156 g/mol. The summed E-state index contributed by atoms with van der Waals surface area (Å²) in [5.41, 5.74) is -0.984. The average Bonchev–Trinajstić information content (AvgIpc) is 1.87. The van der Waals surface area contributed by atoms with Crippen molar-refractivity contribution in [1.29, 1.82) is 10.8 Å². The number of Topliss-reactive ketones (excluding diaryl/α,β-unsaturated/α-hetero) is 1. The number of hydrogen-bond acceptors (Lipinski definition) is 4. The molecular formula is C6H8N2O3. The summed E-state index contributed by atoms with van der Waals surface area (Å²) >= 11 is 0. The fraction of sp³-hybridized carbons (Fsp3) is 0.333. The Morgan fingerprint density at radius 2 is 1.73 bits per heavy atom. The Hall–Kier alpha value is -1.52. The molecule has 60 valence electrons. The van der Waals surface area contributed by atoms with Crippen molar-refractivity contribution in [2.45, 2.75) is 13.3 Å². The van der Waals surface area contributed by atoms with Gasteiger partial charge in [0.2, 0.25) is 0 Å². The highest BCUT2D eigenvalue weighted by Crippen LogP contribution is 1.88. The molecule has 0 fully saturated rings. The third-order valence-corrected chi connectivity index (χ3v) is 1.04. The highest BCUT2D eigenvalue weighted by molar-refractivity contribution is 6.48. The Morgan fingerprint density at radius 1 is 1.27 bits per heavy atom. The minimum atomic E-state index is -1.39. The van der Waals surface area contributed by atoms with E-state index in [-0.39, 0.29) is 5.71 Å². The zero-order chi connectivity index (χ0) is 9.02. The van der Waals surface area contributed by atoms with Gasteiger partial charge in [-0.1, -0.05) is 0 Å². The van der Waals surface area contributed by atoms with Crippen LogP contribution in [0, 0.1) is 10.8 Å². The fourth-order valence-corrected chi connectivity index (χ4v) is 0.377. The van der Waals surface area contributed by atoms with Crippen LogP contribution in [0.3, 0.4) is 0 Å². The lowest BCUT2D eigenvalue weighted by Crippen LogP contribution is -2.19. The van der Waals surface area contributed by atoms with Gasteiger partial charge >= 0.3 is 5.97 Å². The van der Waals surface area contributed by atoms with Crippen molar-refractivity contribution >= 4 is 23.2 Å². The number of ketones is 1. The zero-order valence-corrected chi connectivity index (χ0v) is 5.97. The van der Waals surface area contributed by atoms with Crippen molar-refractivity contribution in [2.24, 2.45) is 0 Å². The molecule has 3 N–H and O–H groups in total. The van der Waals surface area contributed by atoms with E-state index in [9.17, 15) is 9.59 Å². The first-order valence-electron chi connectivity index (χ1n) is 2.84. The van der Waals surface area contributed by atoms with E-state index in [4.69, 9.17) is 15.9 Å². The molecule has 0 heterocycles. The van der Waals surface area contributed by atoms with Crippen LogP contribution < -0.4 is 0 Å². The van der Waals surface area contributed by atoms with Crippen LogP contribution in [0.4, 0.5) is 0 Å². The minimum Gasteiger partial charge on any atom is -0.477 e. The van der Waals surface area contributed by atoms with Crippen molar-refractivity contribution < 1.29 is 14.7 Å². The first kappa shape index (κ1) is 9.48. The van der Waals surface area contributed by atoms with Gasteiger partial charge in [0, 0.05) is 13.3 Å². The van der Waals surface area contributed by atoms with E-state index in [1.165, 1.54) is 0 Å². The topological polar surface area (TPSA) is 102 Å². The van der Waals surface area contributed by atoms with Crippen molar-refractivity contribution in [1.82, 2.24) is 0 Å². The maximum absolute atomic E-state index is 10.4. The maximum Gasteiger partial charge on any atom is 0.349 e. The molecular weight excluding hydrogens is 148 g/mol. The third-order valence-electron chi connectivity index (χ3n) is 1.04. The summed E-state index contributed by atoms with van der Waals surface area (Å²) in [5, 5.41) is 21.9. The molecule has 0 unspecified atom stereocenters. The summed E-state index contributed by atoms with van der Waals surface area (Å²) in [4.78, 5) is 20.4. The molecule has 0 amide bonds. The molecule has 0 rings (SSSR count). The van der Waals surface area contributed by atoms with Crippen LogP contribution in [0.15, 0.2) is 0 Å². The lowest BCUT2D eigenvalue weighted by molar-refractivity contribution is -0.129. The van der Waals surface area contributed by atoms with Crippen LogP contribution in [-0.4, -0.2) is 28.3 Å². The molecule has 0 aromatic carbocycles. The second-order valence-corrected chi connectivity index (χ2v) is 2.00. The summed E-state index contributed by atoms with van der Waals surface area (Å²) in [6.07, 6.45) is -0.398. The third kappa shape index (κ3) is 3.24. The van der Waals surface area contributed by atoms with Crippen LogP contribution >= 0.6 is 0 Å². The molecule has 0 saturated heterocycles. The van der Waals surface area contributed by atoms with Gasteiger partial charge in [-0.3, -0.25) is 10.2 Å². The van der Waals surface area contributed by atoms with Gasteiger partial charge in [-0.25, -0.2) is 4.79 Å². The lowest BCUT2D eigenvalue weighted by atomic mass is 10.1. The van der Waals surface area contributed by atoms with Crippen LogP contribution in [0.1, 0.15) is 13.3 Å². The molecule has 0 aliphatic carbocycles. The lowest BCUT2D eigenvalue weighted by Gasteiger charge is -1.95. The van der Waals surface area contributed by atoms with Gasteiger partial charge in [0.1, 0.15) is 5.71 Å². The van der Waals surface area contributed by atoms with Crippen LogP contribution in [-0.2, 0) is 9.59 Å².